The first-order valence-corrected chi connectivity index (χ1v) is 6.52. The standard InChI is InChI=1S/C14H14F2N2O3/c15-9-3-1-8(7-10(9)16)2-5-12(19)17-11-4-6-13(20)18-14(11)21/h1,3,7,11H,2,4-6H2,(H,17,19)(H,18,20,21). The third kappa shape index (κ3) is 4.08. The lowest BCUT2D eigenvalue weighted by atomic mass is 10.1. The minimum absolute atomic E-state index is 0.0444. The molecule has 1 aliphatic rings. The number of hydrogen-bond acceptors (Lipinski definition) is 3. The van der Waals surface area contributed by atoms with Crippen LogP contribution in [0.3, 0.4) is 0 Å². The molecule has 0 aromatic heterocycles. The maximum absolute atomic E-state index is 13.0. The minimum Gasteiger partial charge on any atom is -0.344 e. The van der Waals surface area contributed by atoms with Gasteiger partial charge in [0.25, 0.3) is 0 Å². The molecule has 112 valence electrons. The fourth-order valence-electron chi connectivity index (χ4n) is 2.05. The Hall–Kier alpha value is -2.31. The molecule has 2 rings (SSSR count). The number of amides is 3. The molecule has 1 fully saturated rings. The summed E-state index contributed by atoms with van der Waals surface area (Å²) in [5, 5.41) is 4.65. The van der Waals surface area contributed by atoms with Gasteiger partial charge in [-0.3, -0.25) is 19.7 Å². The lowest BCUT2D eigenvalue weighted by molar-refractivity contribution is -0.137. The number of hydrogen-bond donors (Lipinski definition) is 2. The first-order valence-electron chi connectivity index (χ1n) is 6.52. The Bertz CT molecular complexity index is 590. The van der Waals surface area contributed by atoms with E-state index in [-0.39, 0.29) is 37.5 Å². The lowest BCUT2D eigenvalue weighted by Crippen LogP contribution is -2.52. The number of benzene rings is 1. The summed E-state index contributed by atoms with van der Waals surface area (Å²) in [6.45, 7) is 0. The quantitative estimate of drug-likeness (QED) is 0.808. The van der Waals surface area contributed by atoms with E-state index in [1.165, 1.54) is 6.07 Å². The molecule has 3 amide bonds. The molecule has 1 aliphatic heterocycles. The molecular weight excluding hydrogens is 282 g/mol. The Kier molecular flexibility index (Phi) is 4.62. The summed E-state index contributed by atoms with van der Waals surface area (Å²) in [5.74, 6) is -3.15. The zero-order valence-electron chi connectivity index (χ0n) is 11.1. The highest BCUT2D eigenvalue weighted by Gasteiger charge is 2.27. The van der Waals surface area contributed by atoms with Crippen molar-refractivity contribution in [3.8, 4) is 0 Å². The molecule has 1 aromatic carbocycles. The third-order valence-corrected chi connectivity index (χ3v) is 3.20. The maximum atomic E-state index is 13.0. The molecule has 0 bridgehead atoms. The van der Waals surface area contributed by atoms with Crippen LogP contribution < -0.4 is 10.6 Å². The molecule has 1 atom stereocenters. The molecule has 21 heavy (non-hydrogen) atoms. The van der Waals surface area contributed by atoms with Gasteiger partial charge in [-0.05, 0) is 30.5 Å². The van der Waals surface area contributed by atoms with Crippen LogP contribution in [-0.4, -0.2) is 23.8 Å². The molecule has 2 N–H and O–H groups in total. The Morgan fingerprint density at radius 2 is 2.05 bits per heavy atom. The van der Waals surface area contributed by atoms with Crippen LogP contribution in [0.5, 0.6) is 0 Å². The van der Waals surface area contributed by atoms with Crippen LogP contribution in [0.15, 0.2) is 18.2 Å². The number of imide groups is 1. The summed E-state index contributed by atoms with van der Waals surface area (Å²) in [6, 6.07) is 2.72. The van der Waals surface area contributed by atoms with Crippen molar-refractivity contribution in [2.75, 3.05) is 0 Å². The first-order chi connectivity index (χ1) is 9.95. The number of rotatable bonds is 4. The van der Waals surface area contributed by atoms with Gasteiger partial charge in [0.15, 0.2) is 11.6 Å². The fourth-order valence-corrected chi connectivity index (χ4v) is 2.05. The molecule has 0 aliphatic carbocycles. The molecule has 0 spiro atoms. The number of aryl methyl sites for hydroxylation is 1. The van der Waals surface area contributed by atoms with Gasteiger partial charge in [0.2, 0.25) is 17.7 Å². The van der Waals surface area contributed by atoms with Crippen molar-refractivity contribution in [1.82, 2.24) is 10.6 Å². The number of carbonyl (C=O) groups is 3. The second-order valence-corrected chi connectivity index (χ2v) is 4.82. The van der Waals surface area contributed by atoms with Gasteiger partial charge in [0.1, 0.15) is 6.04 Å². The summed E-state index contributed by atoms with van der Waals surface area (Å²) in [7, 11) is 0. The van der Waals surface area contributed by atoms with Crippen molar-refractivity contribution in [2.24, 2.45) is 0 Å². The van der Waals surface area contributed by atoms with Crippen LogP contribution in [-0.2, 0) is 20.8 Å². The topological polar surface area (TPSA) is 75.3 Å². The zero-order chi connectivity index (χ0) is 15.4. The Morgan fingerprint density at radius 3 is 2.71 bits per heavy atom. The highest BCUT2D eigenvalue weighted by molar-refractivity contribution is 6.01. The molecular formula is C14H14F2N2O3. The van der Waals surface area contributed by atoms with Crippen molar-refractivity contribution in [2.45, 2.75) is 31.7 Å². The summed E-state index contributed by atoms with van der Waals surface area (Å²) < 4.78 is 25.8. The SMILES string of the molecule is O=C1CCC(NC(=O)CCc2ccc(F)c(F)c2)C(=O)N1. The average Bonchev–Trinajstić information content (AvgIpc) is 2.43. The molecule has 1 aromatic rings. The largest absolute Gasteiger partial charge is 0.344 e. The van der Waals surface area contributed by atoms with Crippen molar-refractivity contribution < 1.29 is 23.2 Å². The zero-order valence-corrected chi connectivity index (χ0v) is 11.1. The van der Waals surface area contributed by atoms with Gasteiger partial charge < -0.3 is 5.32 Å². The maximum Gasteiger partial charge on any atom is 0.249 e. The van der Waals surface area contributed by atoms with E-state index in [0.717, 1.165) is 12.1 Å². The van der Waals surface area contributed by atoms with Crippen LogP contribution >= 0.6 is 0 Å². The van der Waals surface area contributed by atoms with Crippen LogP contribution in [0.2, 0.25) is 0 Å². The third-order valence-electron chi connectivity index (χ3n) is 3.20. The van der Waals surface area contributed by atoms with Gasteiger partial charge in [0, 0.05) is 12.8 Å². The van der Waals surface area contributed by atoms with E-state index in [1.54, 1.807) is 0 Å². The minimum atomic E-state index is -0.960. The van der Waals surface area contributed by atoms with Gasteiger partial charge in [-0.2, -0.15) is 0 Å². The van der Waals surface area contributed by atoms with Crippen molar-refractivity contribution in [3.63, 3.8) is 0 Å². The molecule has 0 radical (unpaired) electrons. The second-order valence-electron chi connectivity index (χ2n) is 4.82. The molecule has 1 heterocycles. The van der Waals surface area contributed by atoms with Crippen LogP contribution in [0.4, 0.5) is 8.78 Å². The van der Waals surface area contributed by atoms with Crippen LogP contribution in [0, 0.1) is 11.6 Å². The van der Waals surface area contributed by atoms with Crippen molar-refractivity contribution in [1.29, 1.82) is 0 Å². The van der Waals surface area contributed by atoms with Gasteiger partial charge >= 0.3 is 0 Å². The van der Waals surface area contributed by atoms with E-state index in [2.05, 4.69) is 10.6 Å². The van der Waals surface area contributed by atoms with E-state index in [0.29, 0.717) is 5.56 Å². The van der Waals surface area contributed by atoms with Crippen molar-refractivity contribution in [3.05, 3.63) is 35.4 Å². The highest BCUT2D eigenvalue weighted by atomic mass is 19.2. The van der Waals surface area contributed by atoms with E-state index < -0.39 is 23.6 Å². The number of piperidine rings is 1. The second kappa shape index (κ2) is 6.43. The predicted molar refractivity (Wildman–Crippen MR) is 69.0 cm³/mol. The van der Waals surface area contributed by atoms with E-state index in [4.69, 9.17) is 0 Å². The molecule has 7 heteroatoms. The first kappa shape index (κ1) is 15.1. The van der Waals surface area contributed by atoms with Crippen molar-refractivity contribution >= 4 is 17.7 Å². The van der Waals surface area contributed by atoms with Gasteiger partial charge in [-0.1, -0.05) is 6.07 Å². The summed E-state index contributed by atoms with van der Waals surface area (Å²) in [4.78, 5) is 34.1. The summed E-state index contributed by atoms with van der Waals surface area (Å²) in [6.07, 6.45) is 0.723. The molecule has 5 nitrogen and oxygen atoms in total. The highest BCUT2D eigenvalue weighted by Crippen LogP contribution is 2.11. The lowest BCUT2D eigenvalue weighted by Gasteiger charge is -2.21. The fraction of sp³-hybridized carbons (Fsp3) is 0.357. The monoisotopic (exact) mass is 296 g/mol. The van der Waals surface area contributed by atoms with E-state index >= 15 is 0 Å². The molecule has 1 saturated heterocycles. The molecule has 1 unspecified atom stereocenters. The predicted octanol–water partition coefficient (Wildman–Crippen LogP) is 0.819. The Morgan fingerprint density at radius 1 is 1.29 bits per heavy atom. The van der Waals surface area contributed by atoms with Gasteiger partial charge in [-0.25, -0.2) is 8.78 Å². The normalized spacial score (nSPS) is 18.3. The Labute approximate surface area is 119 Å². The summed E-state index contributed by atoms with van der Waals surface area (Å²) in [5.41, 5.74) is 0.493. The average molecular weight is 296 g/mol. The summed E-state index contributed by atoms with van der Waals surface area (Å²) >= 11 is 0. The van der Waals surface area contributed by atoms with Gasteiger partial charge in [-0.15, -0.1) is 0 Å². The van der Waals surface area contributed by atoms with Crippen LogP contribution in [0.1, 0.15) is 24.8 Å². The number of carbonyl (C=O) groups excluding carboxylic acids is 3. The number of nitrogens with one attached hydrogen (secondary N) is 2. The number of halogens is 2. The van der Waals surface area contributed by atoms with E-state index in [9.17, 15) is 23.2 Å². The Balaban J connectivity index is 1.83. The van der Waals surface area contributed by atoms with E-state index in [1.807, 2.05) is 0 Å². The smallest absolute Gasteiger partial charge is 0.249 e. The van der Waals surface area contributed by atoms with Crippen LogP contribution in [0.25, 0.3) is 0 Å². The molecule has 0 saturated carbocycles. The van der Waals surface area contributed by atoms with Gasteiger partial charge in [0.05, 0.1) is 0 Å².